The normalized spacial score (nSPS) is 15.2. The van der Waals surface area contributed by atoms with E-state index in [4.69, 9.17) is 4.74 Å². The number of likely N-dealkylation sites (N-methyl/N-ethyl adjacent to an activating group) is 1. The van der Waals surface area contributed by atoms with Crippen molar-refractivity contribution in [3.63, 3.8) is 0 Å². The Labute approximate surface area is 176 Å². The van der Waals surface area contributed by atoms with Crippen molar-refractivity contribution >= 4 is 29.3 Å². The molecule has 0 aliphatic carbocycles. The largest absolute Gasteiger partial charge is 0.452 e. The molecule has 158 valence electrons. The number of likely N-dealkylation sites (tertiary alicyclic amines) is 1. The minimum Gasteiger partial charge on any atom is -0.452 e. The van der Waals surface area contributed by atoms with Crippen LogP contribution in [-0.4, -0.2) is 49.0 Å². The van der Waals surface area contributed by atoms with Crippen LogP contribution in [-0.2, 0) is 14.3 Å². The Balaban J connectivity index is 1.46. The van der Waals surface area contributed by atoms with Gasteiger partial charge in [0, 0.05) is 31.5 Å². The van der Waals surface area contributed by atoms with Crippen molar-refractivity contribution in [2.75, 3.05) is 30.4 Å². The van der Waals surface area contributed by atoms with E-state index in [0.717, 1.165) is 11.4 Å². The summed E-state index contributed by atoms with van der Waals surface area (Å²) >= 11 is 0. The Kier molecular flexibility index (Phi) is 7.06. The van der Waals surface area contributed by atoms with Crippen LogP contribution in [0.3, 0.4) is 0 Å². The van der Waals surface area contributed by atoms with E-state index in [0.29, 0.717) is 25.9 Å². The number of hydrogen-bond acceptors (Lipinski definition) is 4. The lowest BCUT2D eigenvalue weighted by Gasteiger charge is -2.31. The van der Waals surface area contributed by atoms with Gasteiger partial charge in [-0.05, 0) is 44.0 Å². The molecule has 30 heavy (non-hydrogen) atoms. The van der Waals surface area contributed by atoms with E-state index in [1.54, 1.807) is 18.9 Å². The number of nitrogens with one attached hydrogen (secondary N) is 1. The number of carbonyl (C=O) groups is 3. The number of esters is 1. The monoisotopic (exact) mass is 409 g/mol. The highest BCUT2D eigenvalue weighted by Gasteiger charge is 2.31. The number of benzene rings is 2. The molecule has 2 aromatic rings. The predicted octanol–water partition coefficient (Wildman–Crippen LogP) is 3.53. The van der Waals surface area contributed by atoms with E-state index < -0.39 is 6.10 Å². The summed E-state index contributed by atoms with van der Waals surface area (Å²) in [6.07, 6.45) is 0.148. The first kappa shape index (κ1) is 21.4. The number of anilines is 2. The first-order valence-corrected chi connectivity index (χ1v) is 10.1. The molecule has 1 unspecified atom stereocenters. The van der Waals surface area contributed by atoms with E-state index >= 15 is 0 Å². The second-order valence-electron chi connectivity index (χ2n) is 7.37. The molecular formula is C23H27N3O4. The van der Waals surface area contributed by atoms with Gasteiger partial charge >= 0.3 is 12.0 Å². The Morgan fingerprint density at radius 3 is 2.17 bits per heavy atom. The van der Waals surface area contributed by atoms with Crippen molar-refractivity contribution in [1.29, 1.82) is 0 Å². The Morgan fingerprint density at radius 1 is 1.00 bits per heavy atom. The summed E-state index contributed by atoms with van der Waals surface area (Å²) in [5.74, 6) is -0.988. The van der Waals surface area contributed by atoms with E-state index in [9.17, 15) is 14.4 Å². The average Bonchev–Trinajstić information content (AvgIpc) is 2.79. The first-order chi connectivity index (χ1) is 14.5. The van der Waals surface area contributed by atoms with Gasteiger partial charge < -0.3 is 19.9 Å². The van der Waals surface area contributed by atoms with Crippen LogP contribution in [0.5, 0.6) is 0 Å². The van der Waals surface area contributed by atoms with Gasteiger partial charge in [-0.25, -0.2) is 4.79 Å². The van der Waals surface area contributed by atoms with Crippen LogP contribution in [0.2, 0.25) is 0 Å². The predicted molar refractivity (Wildman–Crippen MR) is 115 cm³/mol. The van der Waals surface area contributed by atoms with Gasteiger partial charge in [-0.1, -0.05) is 36.4 Å². The smallest absolute Gasteiger partial charge is 0.321 e. The molecule has 1 N–H and O–H groups in total. The van der Waals surface area contributed by atoms with E-state index in [1.807, 2.05) is 60.7 Å². The lowest BCUT2D eigenvalue weighted by atomic mass is 9.97. The summed E-state index contributed by atoms with van der Waals surface area (Å²) in [6.45, 7) is 2.51. The number of piperidine rings is 1. The summed E-state index contributed by atoms with van der Waals surface area (Å²) in [5, 5.41) is 2.85. The molecule has 2 aromatic carbocycles. The zero-order valence-electron chi connectivity index (χ0n) is 17.3. The van der Waals surface area contributed by atoms with Crippen LogP contribution < -0.4 is 10.2 Å². The van der Waals surface area contributed by atoms with Gasteiger partial charge in [-0.2, -0.15) is 0 Å². The summed E-state index contributed by atoms with van der Waals surface area (Å²) in [4.78, 5) is 40.6. The number of ether oxygens (including phenoxy) is 1. The average molecular weight is 409 g/mol. The number of para-hydroxylation sites is 2. The summed E-state index contributed by atoms with van der Waals surface area (Å²) in [6, 6.07) is 18.3. The summed E-state index contributed by atoms with van der Waals surface area (Å²) in [7, 11) is 1.66. The third kappa shape index (κ3) is 5.37. The summed E-state index contributed by atoms with van der Waals surface area (Å²) in [5.41, 5.74) is 1.47. The fraction of sp³-hybridized carbons (Fsp3) is 0.348. The van der Waals surface area contributed by atoms with Crippen molar-refractivity contribution in [2.24, 2.45) is 5.92 Å². The molecule has 1 saturated heterocycles. The number of hydrogen-bond donors (Lipinski definition) is 1. The zero-order valence-corrected chi connectivity index (χ0v) is 17.3. The number of rotatable bonds is 5. The minimum absolute atomic E-state index is 0.180. The molecule has 7 nitrogen and oxygen atoms in total. The SMILES string of the molecule is CC(OC(=O)C1CCN(C(=O)Nc2ccccc2)CC1)C(=O)N(C)c1ccccc1. The first-order valence-electron chi connectivity index (χ1n) is 10.1. The molecule has 7 heteroatoms. The van der Waals surface area contributed by atoms with Gasteiger partial charge in [0.05, 0.1) is 5.92 Å². The van der Waals surface area contributed by atoms with Crippen molar-refractivity contribution < 1.29 is 19.1 Å². The number of nitrogens with zero attached hydrogens (tertiary/aromatic N) is 2. The maximum atomic E-state index is 12.6. The highest BCUT2D eigenvalue weighted by atomic mass is 16.5. The number of amides is 3. The summed E-state index contributed by atoms with van der Waals surface area (Å²) < 4.78 is 5.44. The molecule has 0 bridgehead atoms. The second-order valence-corrected chi connectivity index (χ2v) is 7.37. The van der Waals surface area contributed by atoms with Crippen molar-refractivity contribution in [1.82, 2.24) is 4.90 Å². The molecule has 0 spiro atoms. The third-order valence-electron chi connectivity index (χ3n) is 5.26. The molecule has 3 rings (SSSR count). The highest BCUT2D eigenvalue weighted by Crippen LogP contribution is 2.21. The standard InChI is InChI=1S/C23H27N3O4/c1-17(21(27)25(2)20-11-7-4-8-12-20)30-22(28)18-13-15-26(16-14-18)23(29)24-19-9-5-3-6-10-19/h3-12,17-18H,13-16H2,1-2H3,(H,24,29). The lowest BCUT2D eigenvalue weighted by molar-refractivity contribution is -0.159. The van der Waals surface area contributed by atoms with Gasteiger partial charge in [0.15, 0.2) is 6.10 Å². The topological polar surface area (TPSA) is 79.0 Å². The quantitative estimate of drug-likeness (QED) is 0.767. The molecule has 1 atom stereocenters. The number of carbonyl (C=O) groups excluding carboxylic acids is 3. The third-order valence-corrected chi connectivity index (χ3v) is 5.26. The molecule has 0 radical (unpaired) electrons. The Morgan fingerprint density at radius 2 is 1.57 bits per heavy atom. The van der Waals surface area contributed by atoms with Crippen LogP contribution in [0.4, 0.5) is 16.2 Å². The van der Waals surface area contributed by atoms with E-state index in [1.165, 1.54) is 4.90 Å². The van der Waals surface area contributed by atoms with Crippen LogP contribution in [0.1, 0.15) is 19.8 Å². The lowest BCUT2D eigenvalue weighted by Crippen LogP contribution is -2.44. The molecule has 1 aliphatic rings. The van der Waals surface area contributed by atoms with Crippen LogP contribution in [0.25, 0.3) is 0 Å². The van der Waals surface area contributed by atoms with Crippen LogP contribution >= 0.6 is 0 Å². The fourth-order valence-corrected chi connectivity index (χ4v) is 3.41. The van der Waals surface area contributed by atoms with Crippen molar-refractivity contribution in [3.05, 3.63) is 60.7 Å². The van der Waals surface area contributed by atoms with Gasteiger partial charge in [0.2, 0.25) is 0 Å². The second kappa shape index (κ2) is 9.91. The molecule has 1 heterocycles. The van der Waals surface area contributed by atoms with Crippen molar-refractivity contribution in [3.8, 4) is 0 Å². The van der Waals surface area contributed by atoms with E-state index in [2.05, 4.69) is 5.32 Å². The van der Waals surface area contributed by atoms with Crippen LogP contribution in [0.15, 0.2) is 60.7 Å². The molecule has 0 saturated carbocycles. The van der Waals surface area contributed by atoms with Gasteiger partial charge in [0.1, 0.15) is 0 Å². The molecule has 1 fully saturated rings. The molecule has 3 amide bonds. The van der Waals surface area contributed by atoms with Gasteiger partial charge in [-0.3, -0.25) is 9.59 Å². The van der Waals surface area contributed by atoms with Gasteiger partial charge in [0.25, 0.3) is 5.91 Å². The minimum atomic E-state index is -0.873. The maximum Gasteiger partial charge on any atom is 0.321 e. The zero-order chi connectivity index (χ0) is 21.5. The Bertz CT molecular complexity index is 865. The van der Waals surface area contributed by atoms with Crippen LogP contribution in [0, 0.1) is 5.92 Å². The molecular weight excluding hydrogens is 382 g/mol. The maximum absolute atomic E-state index is 12.6. The molecule has 0 aromatic heterocycles. The number of urea groups is 1. The van der Waals surface area contributed by atoms with Crippen molar-refractivity contribution in [2.45, 2.75) is 25.9 Å². The van der Waals surface area contributed by atoms with E-state index in [-0.39, 0.29) is 23.8 Å². The Hall–Kier alpha value is -3.35. The fourth-order valence-electron chi connectivity index (χ4n) is 3.41. The van der Waals surface area contributed by atoms with Gasteiger partial charge in [-0.15, -0.1) is 0 Å². The highest BCUT2D eigenvalue weighted by molar-refractivity contribution is 5.97. The molecule has 1 aliphatic heterocycles.